The minimum absolute atomic E-state index is 0.871. The second-order valence-corrected chi connectivity index (χ2v) is 14.5. The maximum absolute atomic E-state index is 6.22. The van der Waals surface area contributed by atoms with Gasteiger partial charge < -0.3 is 9.32 Å². The fraction of sp³-hybridized carbons (Fsp3) is 0. The van der Waals surface area contributed by atoms with Gasteiger partial charge in [-0.05, 0) is 110 Å². The van der Waals surface area contributed by atoms with Crippen LogP contribution in [-0.2, 0) is 0 Å². The van der Waals surface area contributed by atoms with E-state index in [-0.39, 0.29) is 0 Å². The second kappa shape index (κ2) is 15.5. The van der Waals surface area contributed by atoms with Crippen molar-refractivity contribution in [3.63, 3.8) is 0 Å². The number of hydrogen-bond donors (Lipinski definition) is 0. The van der Waals surface area contributed by atoms with E-state index >= 15 is 0 Å². The van der Waals surface area contributed by atoms with Crippen molar-refractivity contribution in [1.82, 2.24) is 0 Å². The molecule has 0 bridgehead atoms. The topological polar surface area (TPSA) is 16.4 Å². The van der Waals surface area contributed by atoms with E-state index in [2.05, 4.69) is 223 Å². The number of furan rings is 1. The Balaban J connectivity index is 1.02. The summed E-state index contributed by atoms with van der Waals surface area (Å²) in [5.74, 6) is 0.871. The summed E-state index contributed by atoms with van der Waals surface area (Å²) in [5.41, 5.74) is 17.1. The quantitative estimate of drug-likeness (QED) is 0.146. The minimum atomic E-state index is 0.871. The van der Waals surface area contributed by atoms with Crippen LogP contribution in [0.5, 0.6) is 0 Å². The number of para-hydroxylation sites is 1. The van der Waals surface area contributed by atoms with Gasteiger partial charge in [-0.25, -0.2) is 0 Å². The molecule has 0 N–H and O–H groups in total. The highest BCUT2D eigenvalue weighted by molar-refractivity contribution is 5.92. The lowest BCUT2D eigenvalue weighted by Gasteiger charge is -2.26. The fourth-order valence-electron chi connectivity index (χ4n) is 8.03. The van der Waals surface area contributed by atoms with Crippen molar-refractivity contribution in [3.05, 3.63) is 237 Å². The summed E-state index contributed by atoms with van der Waals surface area (Å²) in [6, 6.07) is 84.2. The van der Waals surface area contributed by atoms with E-state index in [0.29, 0.717) is 0 Å². The lowest BCUT2D eigenvalue weighted by atomic mass is 9.89. The number of hydrogen-bond acceptors (Lipinski definition) is 2. The summed E-state index contributed by atoms with van der Waals surface area (Å²) in [4.78, 5) is 2.35. The van der Waals surface area contributed by atoms with E-state index < -0.39 is 0 Å². The van der Waals surface area contributed by atoms with Gasteiger partial charge in [-0.2, -0.15) is 0 Å². The largest absolute Gasteiger partial charge is 0.456 e. The van der Waals surface area contributed by atoms with Crippen molar-refractivity contribution in [3.8, 4) is 67.0 Å². The third-order valence-corrected chi connectivity index (χ3v) is 10.9. The average Bonchev–Trinajstić information content (AvgIpc) is 3.75. The summed E-state index contributed by atoms with van der Waals surface area (Å²) < 4.78 is 6.22. The van der Waals surface area contributed by atoms with Gasteiger partial charge in [0.1, 0.15) is 11.3 Å². The van der Waals surface area contributed by atoms with Crippen LogP contribution in [0.25, 0.3) is 77.9 Å². The summed E-state index contributed by atoms with van der Waals surface area (Å²) in [6.07, 6.45) is 0. The Morgan fingerprint density at radius 2 is 0.707 bits per heavy atom. The van der Waals surface area contributed by atoms with E-state index in [4.69, 9.17) is 4.42 Å². The van der Waals surface area contributed by atoms with Crippen LogP contribution in [0.2, 0.25) is 0 Å². The average molecular weight is 742 g/mol. The van der Waals surface area contributed by atoms with E-state index in [1.807, 2.05) is 18.2 Å². The number of nitrogens with zero attached hydrogens (tertiary/aromatic N) is 1. The Labute approximate surface area is 339 Å². The lowest BCUT2D eigenvalue weighted by Crippen LogP contribution is -2.10. The van der Waals surface area contributed by atoms with Crippen molar-refractivity contribution < 1.29 is 4.42 Å². The SMILES string of the molecule is c1ccc(-c2cccc(N(c3ccc(-c4cccc(-c5cc6ccccc6o5)c4)cc3)c3ccc(-c4ccccc4-c4ccccc4-c4ccccc4)cc3)c2)cc1. The minimum Gasteiger partial charge on any atom is -0.456 e. The normalized spacial score (nSPS) is 11.1. The van der Waals surface area contributed by atoms with Crippen LogP contribution in [-0.4, -0.2) is 0 Å². The van der Waals surface area contributed by atoms with Gasteiger partial charge in [-0.15, -0.1) is 0 Å². The number of anilines is 3. The summed E-state index contributed by atoms with van der Waals surface area (Å²) >= 11 is 0. The maximum Gasteiger partial charge on any atom is 0.135 e. The van der Waals surface area contributed by atoms with Crippen LogP contribution in [0.1, 0.15) is 0 Å². The van der Waals surface area contributed by atoms with E-state index in [0.717, 1.165) is 50.5 Å². The highest BCUT2D eigenvalue weighted by Gasteiger charge is 2.17. The molecule has 0 radical (unpaired) electrons. The van der Waals surface area contributed by atoms with Gasteiger partial charge in [0, 0.05) is 28.0 Å². The monoisotopic (exact) mass is 741 g/mol. The Kier molecular flexibility index (Phi) is 9.27. The fourth-order valence-corrected chi connectivity index (χ4v) is 8.03. The van der Waals surface area contributed by atoms with Gasteiger partial charge in [0.25, 0.3) is 0 Å². The Morgan fingerprint density at radius 3 is 1.34 bits per heavy atom. The van der Waals surface area contributed by atoms with Gasteiger partial charge in [0.2, 0.25) is 0 Å². The Hall–Kier alpha value is -7.68. The lowest BCUT2D eigenvalue weighted by molar-refractivity contribution is 0.631. The molecule has 0 fully saturated rings. The zero-order chi connectivity index (χ0) is 38.7. The zero-order valence-electron chi connectivity index (χ0n) is 31.9. The first-order chi connectivity index (χ1) is 28.7. The van der Waals surface area contributed by atoms with Gasteiger partial charge in [0.05, 0.1) is 0 Å². The molecule has 0 atom stereocenters. The predicted octanol–water partition coefficient (Wildman–Crippen LogP) is 15.9. The first-order valence-electron chi connectivity index (χ1n) is 19.7. The first kappa shape index (κ1) is 34.8. The van der Waals surface area contributed by atoms with Crippen molar-refractivity contribution in [1.29, 1.82) is 0 Å². The molecule has 0 unspecified atom stereocenters. The second-order valence-electron chi connectivity index (χ2n) is 14.5. The van der Waals surface area contributed by atoms with Crippen molar-refractivity contribution in [2.45, 2.75) is 0 Å². The molecule has 0 spiro atoms. The Morgan fingerprint density at radius 1 is 0.259 bits per heavy atom. The molecule has 1 aromatic heterocycles. The zero-order valence-corrected chi connectivity index (χ0v) is 31.9. The van der Waals surface area contributed by atoms with Crippen LogP contribution in [0.3, 0.4) is 0 Å². The van der Waals surface area contributed by atoms with Crippen molar-refractivity contribution in [2.24, 2.45) is 0 Å². The molecule has 0 saturated carbocycles. The molecule has 9 aromatic carbocycles. The molecular formula is C56H39NO. The van der Waals surface area contributed by atoms with Crippen molar-refractivity contribution in [2.75, 3.05) is 4.90 Å². The molecule has 1 heterocycles. The highest BCUT2D eigenvalue weighted by Crippen LogP contribution is 2.41. The first-order valence-corrected chi connectivity index (χ1v) is 19.7. The molecule has 0 amide bonds. The molecule has 0 aliphatic carbocycles. The predicted molar refractivity (Wildman–Crippen MR) is 244 cm³/mol. The maximum atomic E-state index is 6.22. The summed E-state index contributed by atoms with van der Waals surface area (Å²) in [5, 5.41) is 1.11. The molecule has 2 heteroatoms. The Bertz CT molecular complexity index is 2950. The standard InChI is InChI=1S/C56H39NO/c1-3-15-40(16-4-1)45-21-14-23-50(38-45)57(48-33-29-41(30-34-48)44-20-13-22-46(37-44)56-39-47-19-7-12-28-55(47)58-56)49-35-31-43(32-36-49)52-25-9-11-27-54(52)53-26-10-8-24-51(53)42-17-5-2-6-18-42/h1-39H. The number of benzene rings is 9. The van der Waals surface area contributed by atoms with Gasteiger partial charge >= 0.3 is 0 Å². The molecule has 274 valence electrons. The van der Waals surface area contributed by atoms with Gasteiger partial charge in [-0.1, -0.05) is 182 Å². The van der Waals surface area contributed by atoms with Crippen LogP contribution >= 0.6 is 0 Å². The molecule has 10 rings (SSSR count). The van der Waals surface area contributed by atoms with Crippen LogP contribution < -0.4 is 4.90 Å². The van der Waals surface area contributed by atoms with Crippen LogP contribution in [0, 0.1) is 0 Å². The molecule has 10 aromatic rings. The summed E-state index contributed by atoms with van der Waals surface area (Å²) in [6.45, 7) is 0. The number of fused-ring (bicyclic) bond motifs is 1. The molecule has 0 aliphatic rings. The van der Waals surface area contributed by atoms with E-state index in [9.17, 15) is 0 Å². The molecule has 0 saturated heterocycles. The number of rotatable bonds is 9. The van der Waals surface area contributed by atoms with Gasteiger partial charge in [0.15, 0.2) is 0 Å². The van der Waals surface area contributed by atoms with E-state index in [1.165, 1.54) is 44.5 Å². The molecule has 58 heavy (non-hydrogen) atoms. The summed E-state index contributed by atoms with van der Waals surface area (Å²) in [7, 11) is 0. The van der Waals surface area contributed by atoms with E-state index in [1.54, 1.807) is 0 Å². The molecular weight excluding hydrogens is 703 g/mol. The third kappa shape index (κ3) is 6.89. The molecule has 0 aliphatic heterocycles. The third-order valence-electron chi connectivity index (χ3n) is 10.9. The van der Waals surface area contributed by atoms with Gasteiger partial charge in [-0.3, -0.25) is 0 Å². The van der Waals surface area contributed by atoms with Crippen molar-refractivity contribution >= 4 is 28.0 Å². The molecule has 2 nitrogen and oxygen atoms in total. The smallest absolute Gasteiger partial charge is 0.135 e. The van der Waals surface area contributed by atoms with Crippen LogP contribution in [0.4, 0.5) is 17.1 Å². The van der Waals surface area contributed by atoms with Crippen LogP contribution in [0.15, 0.2) is 241 Å². The highest BCUT2D eigenvalue weighted by atomic mass is 16.3.